The van der Waals surface area contributed by atoms with Gasteiger partial charge in [0, 0.05) is 17.6 Å². The highest BCUT2D eigenvalue weighted by Crippen LogP contribution is 2.32. The summed E-state index contributed by atoms with van der Waals surface area (Å²) in [6, 6.07) is 9.69. The van der Waals surface area contributed by atoms with Gasteiger partial charge in [-0.2, -0.15) is 0 Å². The normalized spacial score (nSPS) is 11.4. The molecule has 1 aromatic carbocycles. The third-order valence-corrected chi connectivity index (χ3v) is 4.13. The first-order valence-corrected chi connectivity index (χ1v) is 7.80. The summed E-state index contributed by atoms with van der Waals surface area (Å²) >= 11 is 1.25. The highest BCUT2D eigenvalue weighted by Gasteiger charge is 2.29. The molecule has 0 atom stereocenters. The minimum absolute atomic E-state index is 0.0157. The minimum Gasteiger partial charge on any atom is -0.375 e. The maximum Gasteiger partial charge on any atom is 0.266 e. The van der Waals surface area contributed by atoms with E-state index in [0.717, 1.165) is 5.56 Å². The van der Waals surface area contributed by atoms with Gasteiger partial charge in [0.15, 0.2) is 5.13 Å². The number of hydrogen-bond donors (Lipinski definition) is 1. The van der Waals surface area contributed by atoms with E-state index in [-0.39, 0.29) is 11.4 Å². The van der Waals surface area contributed by atoms with Crippen molar-refractivity contribution in [2.45, 2.75) is 33.2 Å². The zero-order chi connectivity index (χ0) is 15.6. The standard InChI is InChI=1S/C16H21N3OS/c1-5-19(16(2,3)4)14(20)13-12(18-15(17)21-13)11-9-7-6-8-10-11/h6-10H,5H2,1-4H3,(H2,17,18). The molecule has 1 aromatic heterocycles. The van der Waals surface area contributed by atoms with Gasteiger partial charge >= 0.3 is 0 Å². The number of anilines is 1. The van der Waals surface area contributed by atoms with Crippen LogP contribution in [0.3, 0.4) is 0 Å². The molecule has 1 heterocycles. The third-order valence-electron chi connectivity index (χ3n) is 3.26. The van der Waals surface area contributed by atoms with Gasteiger partial charge in [-0.1, -0.05) is 41.7 Å². The SMILES string of the molecule is CCN(C(=O)c1sc(N)nc1-c1ccccc1)C(C)(C)C. The molecule has 2 aromatic rings. The Morgan fingerprint density at radius 3 is 2.43 bits per heavy atom. The first-order chi connectivity index (χ1) is 9.84. The second kappa shape index (κ2) is 5.85. The van der Waals surface area contributed by atoms with Crippen LogP contribution in [0.15, 0.2) is 30.3 Å². The average Bonchev–Trinajstić information content (AvgIpc) is 2.81. The van der Waals surface area contributed by atoms with Crippen LogP contribution in [0.4, 0.5) is 5.13 Å². The van der Waals surface area contributed by atoms with Gasteiger partial charge in [-0.15, -0.1) is 0 Å². The molecular weight excluding hydrogens is 282 g/mol. The van der Waals surface area contributed by atoms with Gasteiger partial charge < -0.3 is 10.6 Å². The van der Waals surface area contributed by atoms with Crippen LogP contribution >= 0.6 is 11.3 Å². The molecule has 0 aliphatic rings. The number of benzene rings is 1. The first-order valence-electron chi connectivity index (χ1n) is 6.98. The summed E-state index contributed by atoms with van der Waals surface area (Å²) in [4.78, 5) is 19.7. The number of aromatic nitrogens is 1. The molecule has 0 aliphatic carbocycles. The lowest BCUT2D eigenvalue weighted by Gasteiger charge is -2.34. The maximum absolute atomic E-state index is 12.9. The molecule has 4 nitrogen and oxygen atoms in total. The van der Waals surface area contributed by atoms with E-state index >= 15 is 0 Å². The molecule has 0 saturated carbocycles. The van der Waals surface area contributed by atoms with Gasteiger partial charge in [0.25, 0.3) is 5.91 Å². The zero-order valence-electron chi connectivity index (χ0n) is 12.9. The zero-order valence-corrected chi connectivity index (χ0v) is 13.7. The van der Waals surface area contributed by atoms with Crippen LogP contribution in [-0.2, 0) is 0 Å². The molecule has 0 aliphatic heterocycles. The van der Waals surface area contributed by atoms with E-state index in [1.807, 2.05) is 62.9 Å². The van der Waals surface area contributed by atoms with E-state index in [1.165, 1.54) is 11.3 Å². The molecule has 112 valence electrons. The van der Waals surface area contributed by atoms with Gasteiger partial charge in [0.05, 0.1) is 5.69 Å². The first kappa shape index (κ1) is 15.5. The Morgan fingerprint density at radius 2 is 1.90 bits per heavy atom. The fourth-order valence-electron chi connectivity index (χ4n) is 2.32. The van der Waals surface area contributed by atoms with Gasteiger partial charge in [-0.25, -0.2) is 4.98 Å². The van der Waals surface area contributed by atoms with Crippen molar-refractivity contribution < 1.29 is 4.79 Å². The quantitative estimate of drug-likeness (QED) is 0.941. The van der Waals surface area contributed by atoms with Crippen molar-refractivity contribution in [2.24, 2.45) is 0 Å². The number of amides is 1. The predicted molar refractivity (Wildman–Crippen MR) is 88.4 cm³/mol. The smallest absolute Gasteiger partial charge is 0.266 e. The maximum atomic E-state index is 12.9. The molecule has 0 fully saturated rings. The van der Waals surface area contributed by atoms with Crippen LogP contribution in [0.25, 0.3) is 11.3 Å². The summed E-state index contributed by atoms with van der Waals surface area (Å²) < 4.78 is 0. The Bertz CT molecular complexity index is 629. The van der Waals surface area contributed by atoms with E-state index in [1.54, 1.807) is 0 Å². The monoisotopic (exact) mass is 303 g/mol. The summed E-state index contributed by atoms with van der Waals surface area (Å²) in [6.07, 6.45) is 0. The van der Waals surface area contributed by atoms with Crippen molar-refractivity contribution in [1.82, 2.24) is 9.88 Å². The van der Waals surface area contributed by atoms with E-state index in [9.17, 15) is 4.79 Å². The summed E-state index contributed by atoms with van der Waals surface area (Å²) in [7, 11) is 0. The highest BCUT2D eigenvalue weighted by molar-refractivity contribution is 7.17. The molecule has 0 bridgehead atoms. The van der Waals surface area contributed by atoms with Crippen molar-refractivity contribution in [3.63, 3.8) is 0 Å². The van der Waals surface area contributed by atoms with Gasteiger partial charge in [-0.3, -0.25) is 4.79 Å². The van der Waals surface area contributed by atoms with Crippen molar-refractivity contribution in [3.8, 4) is 11.3 Å². The molecule has 2 rings (SSSR count). The van der Waals surface area contributed by atoms with Crippen molar-refractivity contribution in [2.75, 3.05) is 12.3 Å². The topological polar surface area (TPSA) is 59.2 Å². The van der Waals surface area contributed by atoms with Crippen molar-refractivity contribution >= 4 is 22.4 Å². The van der Waals surface area contributed by atoms with Crippen LogP contribution in [0.5, 0.6) is 0 Å². The second-order valence-corrected chi connectivity index (χ2v) is 6.85. The Labute approximate surface area is 129 Å². The van der Waals surface area contributed by atoms with Crippen LogP contribution < -0.4 is 5.73 Å². The molecule has 21 heavy (non-hydrogen) atoms. The lowest BCUT2D eigenvalue weighted by atomic mass is 10.0. The van der Waals surface area contributed by atoms with Gasteiger partial charge in [0.2, 0.25) is 0 Å². The number of thiazole rings is 1. The van der Waals surface area contributed by atoms with Gasteiger partial charge in [-0.05, 0) is 27.7 Å². The lowest BCUT2D eigenvalue weighted by molar-refractivity contribution is 0.0604. The summed E-state index contributed by atoms with van der Waals surface area (Å²) in [5.74, 6) is -0.0157. The second-order valence-electron chi connectivity index (χ2n) is 5.82. The van der Waals surface area contributed by atoms with Crippen LogP contribution in [0.2, 0.25) is 0 Å². The molecule has 2 N–H and O–H groups in total. The number of carbonyl (C=O) groups is 1. The highest BCUT2D eigenvalue weighted by atomic mass is 32.1. The Balaban J connectivity index is 2.48. The van der Waals surface area contributed by atoms with Crippen LogP contribution in [0, 0.1) is 0 Å². The molecule has 5 heteroatoms. The van der Waals surface area contributed by atoms with E-state index < -0.39 is 0 Å². The Hall–Kier alpha value is -1.88. The average molecular weight is 303 g/mol. The summed E-state index contributed by atoms with van der Waals surface area (Å²) in [5.41, 5.74) is 7.19. The summed E-state index contributed by atoms with van der Waals surface area (Å²) in [6.45, 7) is 8.72. The fraction of sp³-hybridized carbons (Fsp3) is 0.375. The van der Waals surface area contributed by atoms with E-state index in [0.29, 0.717) is 22.2 Å². The van der Waals surface area contributed by atoms with E-state index in [4.69, 9.17) is 5.73 Å². The predicted octanol–water partition coefficient (Wildman–Crippen LogP) is 3.65. The fourth-order valence-corrected chi connectivity index (χ4v) is 3.12. The molecule has 1 amide bonds. The number of carbonyl (C=O) groups excluding carboxylic acids is 1. The van der Waals surface area contributed by atoms with Crippen LogP contribution in [0.1, 0.15) is 37.4 Å². The third kappa shape index (κ3) is 3.24. The number of nitrogen functional groups attached to an aromatic ring is 1. The molecule has 0 radical (unpaired) electrons. The number of rotatable bonds is 3. The molecule has 0 unspecified atom stereocenters. The number of hydrogen-bond acceptors (Lipinski definition) is 4. The number of nitrogens with two attached hydrogens (primary N) is 1. The Kier molecular flexibility index (Phi) is 4.32. The minimum atomic E-state index is -0.238. The van der Waals surface area contributed by atoms with Gasteiger partial charge in [0.1, 0.15) is 4.88 Å². The largest absolute Gasteiger partial charge is 0.375 e. The van der Waals surface area contributed by atoms with Crippen LogP contribution in [-0.4, -0.2) is 27.9 Å². The van der Waals surface area contributed by atoms with Crippen molar-refractivity contribution in [3.05, 3.63) is 35.2 Å². The van der Waals surface area contributed by atoms with E-state index in [2.05, 4.69) is 4.98 Å². The molecule has 0 saturated heterocycles. The molecule has 0 spiro atoms. The summed E-state index contributed by atoms with van der Waals surface area (Å²) in [5, 5.41) is 0.419. The lowest BCUT2D eigenvalue weighted by Crippen LogP contribution is -2.45. The number of nitrogens with zero attached hydrogens (tertiary/aromatic N) is 2. The Morgan fingerprint density at radius 1 is 1.29 bits per heavy atom. The van der Waals surface area contributed by atoms with Crippen molar-refractivity contribution in [1.29, 1.82) is 0 Å². The molecular formula is C16H21N3OS.